The summed E-state index contributed by atoms with van der Waals surface area (Å²) in [5.74, 6) is 2.79. The van der Waals surface area contributed by atoms with Gasteiger partial charge in [0, 0.05) is 12.8 Å². The van der Waals surface area contributed by atoms with Gasteiger partial charge in [-0.25, -0.2) is 0 Å². The van der Waals surface area contributed by atoms with Gasteiger partial charge < -0.3 is 14.4 Å². The molecule has 0 aromatic heterocycles. The molecule has 0 radical (unpaired) electrons. The number of esters is 1. The third-order valence-electron chi connectivity index (χ3n) is 9.67. The smallest absolute Gasteiger partial charge is 0.302 e. The summed E-state index contributed by atoms with van der Waals surface area (Å²) in [6.45, 7) is 8.61. The molecule has 0 amide bonds. The monoisotopic (exact) mass is 432 g/mol. The van der Waals surface area contributed by atoms with Crippen LogP contribution in [-0.2, 0) is 19.2 Å². The van der Waals surface area contributed by atoms with E-state index in [0.717, 1.165) is 36.6 Å². The largest absolute Gasteiger partial charge is 0.463 e. The van der Waals surface area contributed by atoms with Gasteiger partial charge in [0.2, 0.25) is 0 Å². The van der Waals surface area contributed by atoms with Gasteiger partial charge in [-0.1, -0.05) is 24.2 Å². The van der Waals surface area contributed by atoms with Crippen LogP contribution in [0.2, 0.25) is 0 Å². The zero-order valence-corrected chi connectivity index (χ0v) is 20.1. The number of carbonyl (C=O) groups excluding carboxylic acids is 1. The highest BCUT2D eigenvalue weighted by Crippen LogP contribution is 2.67. The molecule has 0 spiro atoms. The third-order valence-corrected chi connectivity index (χ3v) is 9.67. The molecule has 4 fully saturated rings. The minimum absolute atomic E-state index is 0.116. The van der Waals surface area contributed by atoms with Crippen LogP contribution in [0.4, 0.5) is 0 Å². The molecule has 4 saturated carbocycles. The topological polar surface area (TPSA) is 69.5 Å². The number of rotatable bonds is 4. The zero-order valence-electron chi connectivity index (χ0n) is 20.1. The van der Waals surface area contributed by atoms with E-state index in [2.05, 4.69) is 31.1 Å². The normalized spacial score (nSPS) is 46.0. The molecule has 0 aliphatic heterocycles. The van der Waals surface area contributed by atoms with Gasteiger partial charge in [0.15, 0.2) is 0 Å². The van der Waals surface area contributed by atoms with Crippen LogP contribution < -0.4 is 0 Å². The lowest BCUT2D eigenvalue weighted by Crippen LogP contribution is -2.54. The van der Waals surface area contributed by atoms with Crippen molar-refractivity contribution in [3.05, 3.63) is 0 Å². The third kappa shape index (κ3) is 3.68. The number of ether oxygens (including phenoxy) is 1. The van der Waals surface area contributed by atoms with E-state index in [0.29, 0.717) is 23.2 Å². The molecule has 4 aliphatic rings. The van der Waals surface area contributed by atoms with Crippen molar-refractivity contribution in [2.45, 2.75) is 85.2 Å². The summed E-state index contributed by atoms with van der Waals surface area (Å²) in [6, 6.07) is 0. The Balaban J connectivity index is 1.60. The molecule has 4 aliphatic carbocycles. The summed E-state index contributed by atoms with van der Waals surface area (Å²) in [6.07, 6.45) is 9.32. The van der Waals surface area contributed by atoms with Gasteiger partial charge in [0.05, 0.1) is 11.4 Å². The molecule has 8 atom stereocenters. The Bertz CT molecular complexity index is 765. The van der Waals surface area contributed by atoms with E-state index in [9.17, 15) is 4.79 Å². The maximum atomic E-state index is 11.5. The second-order valence-electron chi connectivity index (χ2n) is 11.0. The summed E-state index contributed by atoms with van der Waals surface area (Å²) in [5.41, 5.74) is 2.67. The van der Waals surface area contributed by atoms with E-state index >= 15 is 0 Å². The van der Waals surface area contributed by atoms with E-state index in [1.807, 2.05) is 0 Å². The van der Waals surface area contributed by atoms with E-state index in [4.69, 9.17) is 14.4 Å². The lowest BCUT2D eigenvalue weighted by Gasteiger charge is -2.60. The fourth-order valence-corrected chi connectivity index (χ4v) is 8.50. The van der Waals surface area contributed by atoms with Crippen LogP contribution in [0.3, 0.4) is 0 Å². The first kappa shape index (κ1) is 22.6. The first-order valence-electron chi connectivity index (χ1n) is 12.1. The Labute approximate surface area is 187 Å². The Morgan fingerprint density at radius 2 is 1.71 bits per heavy atom. The van der Waals surface area contributed by atoms with Crippen molar-refractivity contribution < 1.29 is 19.2 Å². The average Bonchev–Trinajstić information content (AvgIpc) is 3.00. The Kier molecular flexibility index (Phi) is 6.12. The minimum Gasteiger partial charge on any atom is -0.463 e. The molecule has 0 N–H and O–H groups in total. The van der Waals surface area contributed by atoms with Gasteiger partial charge in [0.1, 0.15) is 20.3 Å². The predicted molar refractivity (Wildman–Crippen MR) is 121 cm³/mol. The maximum Gasteiger partial charge on any atom is 0.302 e. The molecular formula is C25H40N2O4. The van der Waals surface area contributed by atoms with Crippen LogP contribution in [0, 0.1) is 40.4 Å². The number of hydrogen-bond donors (Lipinski definition) is 0. The lowest BCUT2D eigenvalue weighted by atomic mass is 9.44. The molecule has 0 heterocycles. The molecule has 0 saturated heterocycles. The van der Waals surface area contributed by atoms with Crippen molar-refractivity contribution in [3.8, 4) is 0 Å². The second-order valence-corrected chi connectivity index (χ2v) is 11.0. The molecule has 174 valence electrons. The van der Waals surface area contributed by atoms with Gasteiger partial charge in [-0.3, -0.25) is 4.79 Å². The van der Waals surface area contributed by atoms with Crippen LogP contribution in [0.15, 0.2) is 10.3 Å². The summed E-state index contributed by atoms with van der Waals surface area (Å²) < 4.78 is 5.62. The number of oxime groups is 2. The van der Waals surface area contributed by atoms with Gasteiger partial charge in [-0.2, -0.15) is 0 Å². The average molecular weight is 433 g/mol. The van der Waals surface area contributed by atoms with Gasteiger partial charge in [0.25, 0.3) is 0 Å². The fraction of sp³-hybridized carbons (Fsp3) is 0.880. The van der Waals surface area contributed by atoms with Crippen molar-refractivity contribution in [1.82, 2.24) is 0 Å². The summed E-state index contributed by atoms with van der Waals surface area (Å²) in [4.78, 5) is 21.9. The predicted octanol–water partition coefficient (Wildman–Crippen LogP) is 5.21. The van der Waals surface area contributed by atoms with Gasteiger partial charge >= 0.3 is 5.97 Å². The lowest BCUT2D eigenvalue weighted by molar-refractivity contribution is -0.159. The standard InChI is InChI=1S/C25H40N2O4/c1-15(26-29-5)23-22(27-30-6)14-21-19-8-7-17-13-18(31-16(2)28)9-11-24(17,3)20(19)10-12-25(21,23)4/h17-21,23H,7-14H2,1-6H3/b26-15+,27-22-/t17-,18-,19-,20+,21+,23-,24-,25-/m0/s1. The first-order chi connectivity index (χ1) is 14.7. The van der Waals surface area contributed by atoms with Crippen LogP contribution in [0.25, 0.3) is 0 Å². The van der Waals surface area contributed by atoms with E-state index < -0.39 is 0 Å². The molecular weight excluding hydrogens is 392 g/mol. The van der Waals surface area contributed by atoms with Crippen LogP contribution in [-0.4, -0.2) is 37.7 Å². The summed E-state index contributed by atoms with van der Waals surface area (Å²) in [7, 11) is 3.27. The van der Waals surface area contributed by atoms with Gasteiger partial charge in [-0.15, -0.1) is 0 Å². The van der Waals surface area contributed by atoms with Crippen molar-refractivity contribution in [2.24, 2.45) is 50.7 Å². The number of nitrogens with zero attached hydrogens (tertiary/aromatic N) is 2. The number of carbonyl (C=O) groups is 1. The molecule has 0 unspecified atom stereocenters. The second kappa shape index (κ2) is 8.40. The Morgan fingerprint density at radius 3 is 2.39 bits per heavy atom. The Hall–Kier alpha value is -1.59. The molecule has 0 aromatic rings. The molecule has 0 bridgehead atoms. The van der Waals surface area contributed by atoms with Crippen molar-refractivity contribution in [2.75, 3.05) is 14.2 Å². The van der Waals surface area contributed by atoms with E-state index in [-0.39, 0.29) is 23.4 Å². The summed E-state index contributed by atoms with van der Waals surface area (Å²) >= 11 is 0. The van der Waals surface area contributed by atoms with Crippen molar-refractivity contribution in [3.63, 3.8) is 0 Å². The van der Waals surface area contributed by atoms with E-state index in [1.54, 1.807) is 14.2 Å². The van der Waals surface area contributed by atoms with Crippen LogP contribution in [0.1, 0.15) is 79.1 Å². The highest BCUT2D eigenvalue weighted by atomic mass is 16.6. The highest BCUT2D eigenvalue weighted by Gasteiger charge is 2.62. The highest BCUT2D eigenvalue weighted by molar-refractivity contribution is 6.08. The maximum absolute atomic E-state index is 11.5. The van der Waals surface area contributed by atoms with Gasteiger partial charge in [-0.05, 0) is 92.8 Å². The Morgan fingerprint density at radius 1 is 0.968 bits per heavy atom. The van der Waals surface area contributed by atoms with Crippen molar-refractivity contribution >= 4 is 17.4 Å². The number of fused-ring (bicyclic) bond motifs is 5. The van der Waals surface area contributed by atoms with Crippen LogP contribution >= 0.6 is 0 Å². The van der Waals surface area contributed by atoms with E-state index in [1.165, 1.54) is 39.0 Å². The molecule has 6 nitrogen and oxygen atoms in total. The van der Waals surface area contributed by atoms with Crippen molar-refractivity contribution in [1.29, 1.82) is 0 Å². The van der Waals surface area contributed by atoms with Crippen LogP contribution in [0.5, 0.6) is 0 Å². The SMILES string of the molecule is CO/N=C1/C[C@@H]2[C@H]3CC[C@H]4C[C@@H](OC(C)=O)CC[C@]4(C)[C@@H]3CC[C@]2(C)[C@H]1/C(C)=N/OC. The molecule has 31 heavy (non-hydrogen) atoms. The molecule has 0 aromatic carbocycles. The molecule has 4 rings (SSSR count). The zero-order chi connectivity index (χ0) is 22.4. The fourth-order valence-electron chi connectivity index (χ4n) is 8.50. The number of hydrogen-bond acceptors (Lipinski definition) is 6. The quantitative estimate of drug-likeness (QED) is 0.347. The molecule has 6 heteroatoms. The first-order valence-corrected chi connectivity index (χ1v) is 12.1. The minimum atomic E-state index is -0.134. The summed E-state index contributed by atoms with van der Waals surface area (Å²) in [5, 5.41) is 8.81.